The Hall–Kier alpha value is -0.270. The van der Waals surface area contributed by atoms with Gasteiger partial charge in [-0.3, -0.25) is 4.57 Å². The van der Waals surface area contributed by atoms with E-state index in [0.29, 0.717) is 0 Å². The molecule has 0 aliphatic heterocycles. The van der Waals surface area contributed by atoms with Gasteiger partial charge in [0.05, 0.1) is 0 Å². The summed E-state index contributed by atoms with van der Waals surface area (Å²) in [6.07, 6.45) is 1.06. The highest BCUT2D eigenvalue weighted by Crippen LogP contribution is 2.11. The maximum atomic E-state index is 9.62. The van der Waals surface area contributed by atoms with Crippen molar-refractivity contribution >= 4 is 8.03 Å². The molecule has 0 saturated heterocycles. The van der Waals surface area contributed by atoms with Crippen molar-refractivity contribution in [3.8, 4) is 0 Å². The fraction of sp³-hybridized carbons (Fsp3) is 0. The first-order chi connectivity index (χ1) is 2.77. The third-order valence-electron chi connectivity index (χ3n) is 0.239. The number of hydrogen-bond acceptors (Lipinski definition) is 2. The second kappa shape index (κ2) is 2.94. The van der Waals surface area contributed by atoms with Crippen molar-refractivity contribution in [3.63, 3.8) is 0 Å². The molecule has 0 spiro atoms. The Morgan fingerprint density at radius 3 is 2.33 bits per heavy atom. The van der Waals surface area contributed by atoms with Crippen LogP contribution >= 0.6 is 8.03 Å². The van der Waals surface area contributed by atoms with Gasteiger partial charge >= 0.3 is 0 Å². The first-order valence-corrected chi connectivity index (χ1v) is 2.82. The third kappa shape index (κ3) is 3.73. The molecule has 0 amide bonds. The topological polar surface area (TPSA) is 63.3 Å². The van der Waals surface area contributed by atoms with Gasteiger partial charge in [-0.1, -0.05) is 0 Å². The third-order valence-corrected chi connectivity index (χ3v) is 0.716. The van der Waals surface area contributed by atoms with Crippen molar-refractivity contribution < 1.29 is 9.46 Å². The normalized spacial score (nSPS) is 15.5. The molecule has 4 heteroatoms. The van der Waals surface area contributed by atoms with Crippen LogP contribution in [-0.4, -0.2) is 4.89 Å². The molecular weight excluding hydrogens is 101 g/mol. The molecule has 0 aromatic rings. The summed E-state index contributed by atoms with van der Waals surface area (Å²) in [5, 5.41) is 0. The molecule has 1 unspecified atom stereocenters. The minimum Gasteiger partial charge on any atom is -0.404 e. The lowest BCUT2D eigenvalue weighted by Gasteiger charge is -1.71. The zero-order valence-corrected chi connectivity index (χ0v) is 4.09. The molecular formula is C2H6NO2P. The summed E-state index contributed by atoms with van der Waals surface area (Å²) in [5.74, 6) is 1.05. The van der Waals surface area contributed by atoms with Gasteiger partial charge in [0, 0.05) is 5.82 Å². The van der Waals surface area contributed by atoms with Crippen LogP contribution in [0.2, 0.25) is 0 Å². The summed E-state index contributed by atoms with van der Waals surface area (Å²) in [6, 6.07) is 0. The predicted octanol–water partition coefficient (Wildman–Crippen LogP) is -0.117. The van der Waals surface area contributed by atoms with Crippen LogP contribution < -0.4 is 5.73 Å². The van der Waals surface area contributed by atoms with Crippen molar-refractivity contribution in [3.05, 3.63) is 12.0 Å². The van der Waals surface area contributed by atoms with E-state index in [9.17, 15) is 4.57 Å². The van der Waals surface area contributed by atoms with E-state index in [0.717, 1.165) is 12.0 Å². The molecule has 0 aliphatic rings. The highest BCUT2D eigenvalue weighted by molar-refractivity contribution is 7.41. The van der Waals surface area contributed by atoms with Crippen LogP contribution in [0.15, 0.2) is 12.0 Å². The summed E-state index contributed by atoms with van der Waals surface area (Å²) in [5.41, 5.74) is 4.71. The SMILES string of the molecule is N/C=C/[PH](=O)O. The van der Waals surface area contributed by atoms with Gasteiger partial charge in [0.1, 0.15) is 0 Å². The first-order valence-electron chi connectivity index (χ1n) is 1.38. The molecule has 0 saturated carbocycles. The fourth-order valence-electron chi connectivity index (χ4n) is 0.0823. The molecule has 6 heavy (non-hydrogen) atoms. The van der Waals surface area contributed by atoms with Crippen molar-refractivity contribution in [2.24, 2.45) is 5.73 Å². The summed E-state index contributed by atoms with van der Waals surface area (Å²) < 4.78 is 9.62. The quantitative estimate of drug-likeness (QED) is 0.459. The molecule has 0 heterocycles. The van der Waals surface area contributed by atoms with Crippen molar-refractivity contribution in [1.82, 2.24) is 0 Å². The van der Waals surface area contributed by atoms with E-state index in [-0.39, 0.29) is 0 Å². The van der Waals surface area contributed by atoms with Gasteiger partial charge < -0.3 is 10.6 Å². The zero-order chi connectivity index (χ0) is 4.99. The average molecular weight is 107 g/mol. The molecule has 0 aromatic carbocycles. The number of nitrogens with two attached hydrogens (primary N) is 1. The van der Waals surface area contributed by atoms with Crippen LogP contribution in [0.1, 0.15) is 0 Å². The van der Waals surface area contributed by atoms with Gasteiger partial charge in [0.25, 0.3) is 0 Å². The Balaban J connectivity index is 3.30. The second-order valence-corrected chi connectivity index (χ2v) is 1.71. The van der Waals surface area contributed by atoms with Crippen molar-refractivity contribution in [2.45, 2.75) is 0 Å². The largest absolute Gasteiger partial charge is 0.404 e. The Morgan fingerprint density at radius 1 is 1.83 bits per heavy atom. The average Bonchev–Trinajstić information content (AvgIpc) is 1.35. The Labute approximate surface area is 36.3 Å². The molecule has 0 bridgehead atoms. The Kier molecular flexibility index (Phi) is 2.81. The van der Waals surface area contributed by atoms with Gasteiger partial charge in [-0.05, 0) is 6.20 Å². The van der Waals surface area contributed by atoms with Crippen LogP contribution in [0, 0.1) is 0 Å². The number of rotatable bonds is 1. The van der Waals surface area contributed by atoms with E-state index in [1.165, 1.54) is 0 Å². The highest BCUT2D eigenvalue weighted by atomic mass is 31.1. The molecule has 36 valence electrons. The van der Waals surface area contributed by atoms with E-state index in [4.69, 9.17) is 10.6 Å². The van der Waals surface area contributed by atoms with Crippen LogP contribution in [0.3, 0.4) is 0 Å². The lowest BCUT2D eigenvalue weighted by Crippen LogP contribution is -1.71. The Morgan fingerprint density at radius 2 is 2.33 bits per heavy atom. The van der Waals surface area contributed by atoms with Crippen LogP contribution in [0.25, 0.3) is 0 Å². The fourth-order valence-corrected chi connectivity index (χ4v) is 0.247. The van der Waals surface area contributed by atoms with E-state index >= 15 is 0 Å². The maximum Gasteiger partial charge on any atom is 0.212 e. The summed E-state index contributed by atoms with van der Waals surface area (Å²) in [4.78, 5) is 7.93. The minimum absolute atomic E-state index is 1.05. The van der Waals surface area contributed by atoms with Crippen molar-refractivity contribution in [2.75, 3.05) is 0 Å². The summed E-state index contributed by atoms with van der Waals surface area (Å²) in [7, 11) is -2.44. The molecule has 0 fully saturated rings. The smallest absolute Gasteiger partial charge is 0.212 e. The van der Waals surface area contributed by atoms with Crippen LogP contribution in [-0.2, 0) is 4.57 Å². The molecule has 0 aromatic heterocycles. The summed E-state index contributed by atoms with van der Waals surface area (Å²) in [6.45, 7) is 0. The van der Waals surface area contributed by atoms with Gasteiger partial charge in [0.15, 0.2) is 0 Å². The summed E-state index contributed by atoms with van der Waals surface area (Å²) >= 11 is 0. The standard InChI is InChI=1S/C2H6NO2P/c3-1-2-6(4)5/h1-2,6H,3H2,(H,4,5)/b2-1+. The lowest BCUT2D eigenvalue weighted by molar-refractivity contribution is 0.512. The van der Waals surface area contributed by atoms with E-state index in [1.807, 2.05) is 0 Å². The van der Waals surface area contributed by atoms with Crippen molar-refractivity contribution in [1.29, 1.82) is 0 Å². The van der Waals surface area contributed by atoms with Gasteiger partial charge in [-0.15, -0.1) is 0 Å². The second-order valence-electron chi connectivity index (χ2n) is 0.697. The monoisotopic (exact) mass is 107 g/mol. The predicted molar refractivity (Wildman–Crippen MR) is 24.5 cm³/mol. The molecule has 3 nitrogen and oxygen atoms in total. The van der Waals surface area contributed by atoms with E-state index in [1.54, 1.807) is 0 Å². The van der Waals surface area contributed by atoms with E-state index < -0.39 is 8.03 Å². The van der Waals surface area contributed by atoms with E-state index in [2.05, 4.69) is 0 Å². The number of hydrogen-bond donors (Lipinski definition) is 2. The molecule has 0 radical (unpaired) electrons. The Bertz CT molecular complexity index is 79.6. The minimum atomic E-state index is -2.44. The molecule has 0 aliphatic carbocycles. The molecule has 0 rings (SSSR count). The molecule has 3 N–H and O–H groups in total. The van der Waals surface area contributed by atoms with Gasteiger partial charge in [-0.25, -0.2) is 0 Å². The van der Waals surface area contributed by atoms with Crippen LogP contribution in [0.4, 0.5) is 0 Å². The first kappa shape index (κ1) is 5.73. The van der Waals surface area contributed by atoms with Gasteiger partial charge in [0.2, 0.25) is 8.03 Å². The van der Waals surface area contributed by atoms with Crippen LogP contribution in [0.5, 0.6) is 0 Å². The zero-order valence-electron chi connectivity index (χ0n) is 3.09. The lowest BCUT2D eigenvalue weighted by atomic mass is 11.1. The highest BCUT2D eigenvalue weighted by Gasteiger charge is 1.72. The molecule has 1 atom stereocenters. The maximum absolute atomic E-state index is 9.62. The van der Waals surface area contributed by atoms with Gasteiger partial charge in [-0.2, -0.15) is 0 Å².